The maximum absolute atomic E-state index is 8.25. The van der Waals surface area contributed by atoms with Gasteiger partial charge in [-0.1, -0.05) is 0 Å². The van der Waals surface area contributed by atoms with E-state index < -0.39 is 5.09 Å². The highest BCUT2D eigenvalue weighted by Crippen LogP contribution is 1.44. The van der Waals surface area contributed by atoms with Gasteiger partial charge in [0.2, 0.25) is 0 Å². The van der Waals surface area contributed by atoms with Crippen LogP contribution < -0.4 is 11.5 Å². The summed E-state index contributed by atoms with van der Waals surface area (Å²) in [5.74, 6) is -0.333. The lowest BCUT2D eigenvalue weighted by Gasteiger charge is -1.74. The molecule has 0 atom stereocenters. The summed E-state index contributed by atoms with van der Waals surface area (Å²) >= 11 is 0. The number of rotatable bonds is 0. The standard InChI is InChI=1S/CH5N3.NO3/c2*2-1(3)4/h(H5,2,3,4);/q;-1. The SMILES string of the molecule is N=C(N)N.O=[N+]([O-])[O-]. The van der Waals surface area contributed by atoms with Crippen LogP contribution in [0.4, 0.5) is 0 Å². The topological polar surface area (TPSA) is 142 Å². The molecule has 8 heavy (non-hydrogen) atoms. The smallest absolute Gasteiger partial charge is 0.183 e. The predicted octanol–water partition coefficient (Wildman–Crippen LogP) is -1.40. The number of nitrogens with one attached hydrogen (secondary N) is 1. The van der Waals surface area contributed by atoms with E-state index in [1.807, 2.05) is 0 Å². The van der Waals surface area contributed by atoms with Gasteiger partial charge in [0.05, 0.1) is 5.09 Å². The zero-order valence-corrected chi connectivity index (χ0v) is 3.83. The second-order valence-corrected chi connectivity index (χ2v) is 0.679. The molecule has 0 aliphatic heterocycles. The Hall–Kier alpha value is -1.53. The van der Waals surface area contributed by atoms with Gasteiger partial charge in [-0.25, -0.2) is 0 Å². The normalized spacial score (nSPS) is 6.00. The van der Waals surface area contributed by atoms with E-state index in [4.69, 9.17) is 20.7 Å². The molecular weight excluding hydrogens is 116 g/mol. The largest absolute Gasteiger partial charge is 0.370 e. The Labute approximate surface area is 44.5 Å². The van der Waals surface area contributed by atoms with Crippen LogP contribution in [0.2, 0.25) is 0 Å². The van der Waals surface area contributed by atoms with E-state index in [-0.39, 0.29) is 5.96 Å². The van der Waals surface area contributed by atoms with Crippen molar-refractivity contribution in [2.24, 2.45) is 11.5 Å². The van der Waals surface area contributed by atoms with E-state index in [0.717, 1.165) is 0 Å². The Morgan fingerprint density at radius 2 is 1.50 bits per heavy atom. The average molecular weight is 121 g/mol. The second-order valence-electron chi connectivity index (χ2n) is 0.679. The fourth-order valence-corrected chi connectivity index (χ4v) is 0. The van der Waals surface area contributed by atoms with Crippen LogP contribution in [0.5, 0.6) is 0 Å². The van der Waals surface area contributed by atoms with Crippen molar-refractivity contribution >= 4 is 5.96 Å². The molecule has 0 unspecified atom stereocenters. The molecule has 0 amide bonds. The Balaban J connectivity index is 0. The molecule has 0 fully saturated rings. The van der Waals surface area contributed by atoms with E-state index in [0.29, 0.717) is 0 Å². The molecule has 0 heterocycles. The van der Waals surface area contributed by atoms with E-state index in [1.54, 1.807) is 0 Å². The van der Waals surface area contributed by atoms with Crippen LogP contribution in [-0.2, 0) is 0 Å². The van der Waals surface area contributed by atoms with Crippen molar-refractivity contribution in [1.29, 1.82) is 5.41 Å². The van der Waals surface area contributed by atoms with Crippen molar-refractivity contribution in [1.82, 2.24) is 0 Å². The third kappa shape index (κ3) is 23.0. The highest BCUT2D eigenvalue weighted by Gasteiger charge is 1.52. The first kappa shape index (κ1) is 9.69. The summed E-state index contributed by atoms with van der Waals surface area (Å²) in [6.45, 7) is 0. The van der Waals surface area contributed by atoms with Crippen molar-refractivity contribution in [3.05, 3.63) is 15.3 Å². The highest BCUT2D eigenvalue weighted by molar-refractivity contribution is 5.71. The van der Waals surface area contributed by atoms with Crippen molar-refractivity contribution in [2.45, 2.75) is 0 Å². The van der Waals surface area contributed by atoms with Crippen LogP contribution in [0.25, 0.3) is 0 Å². The molecular formula is CH5N4O3-. The molecule has 7 nitrogen and oxygen atoms in total. The lowest BCUT2D eigenvalue weighted by atomic mass is 11.1. The zero-order chi connectivity index (χ0) is 7.15. The number of nitrogens with two attached hydrogens (primary N) is 2. The molecule has 7 heteroatoms. The summed E-state index contributed by atoms with van der Waals surface area (Å²) in [6, 6.07) is 0. The van der Waals surface area contributed by atoms with Gasteiger partial charge in [-0.2, -0.15) is 0 Å². The number of nitrogens with zero attached hydrogens (tertiary/aromatic N) is 1. The molecule has 0 saturated carbocycles. The molecule has 48 valence electrons. The van der Waals surface area contributed by atoms with Crippen molar-refractivity contribution in [3.8, 4) is 0 Å². The second kappa shape index (κ2) is 5.47. The van der Waals surface area contributed by atoms with Gasteiger partial charge in [0.15, 0.2) is 5.96 Å². The quantitative estimate of drug-likeness (QED) is 0.156. The van der Waals surface area contributed by atoms with Gasteiger partial charge in [-0.05, 0) is 0 Å². The molecule has 0 radical (unpaired) electrons. The molecule has 0 bridgehead atoms. The monoisotopic (exact) mass is 121 g/mol. The molecule has 0 aromatic heterocycles. The van der Waals surface area contributed by atoms with Crippen LogP contribution in [0.3, 0.4) is 0 Å². The zero-order valence-electron chi connectivity index (χ0n) is 3.83. The van der Waals surface area contributed by atoms with Gasteiger partial charge in [0, 0.05) is 0 Å². The van der Waals surface area contributed by atoms with Gasteiger partial charge in [0.25, 0.3) is 0 Å². The molecule has 5 N–H and O–H groups in total. The summed E-state index contributed by atoms with van der Waals surface area (Å²) in [6.07, 6.45) is 0. The Morgan fingerprint density at radius 1 is 1.50 bits per heavy atom. The maximum Gasteiger partial charge on any atom is 0.183 e. The van der Waals surface area contributed by atoms with Crippen LogP contribution in [0.1, 0.15) is 0 Å². The first-order valence-electron chi connectivity index (χ1n) is 1.38. The van der Waals surface area contributed by atoms with Crippen LogP contribution in [0, 0.1) is 20.7 Å². The Kier molecular flexibility index (Phi) is 6.62. The molecule has 0 aliphatic rings. The minimum absolute atomic E-state index is 0.333. The lowest BCUT2D eigenvalue weighted by Crippen LogP contribution is -2.20. The number of hydrogen-bond donors (Lipinski definition) is 3. The van der Waals surface area contributed by atoms with Crippen LogP contribution in [0.15, 0.2) is 0 Å². The van der Waals surface area contributed by atoms with Gasteiger partial charge >= 0.3 is 0 Å². The van der Waals surface area contributed by atoms with E-state index in [9.17, 15) is 0 Å². The van der Waals surface area contributed by atoms with Gasteiger partial charge in [-0.3, -0.25) is 5.41 Å². The summed E-state index contributed by atoms with van der Waals surface area (Å²) in [4.78, 5) is 8.25. The Bertz CT molecular complexity index is 69.3. The first-order chi connectivity index (χ1) is 3.46. The molecule has 0 aromatic carbocycles. The molecule has 0 spiro atoms. The van der Waals surface area contributed by atoms with Crippen LogP contribution in [-0.4, -0.2) is 11.0 Å². The Morgan fingerprint density at radius 3 is 1.50 bits per heavy atom. The number of guanidine groups is 1. The fourth-order valence-electron chi connectivity index (χ4n) is 0. The van der Waals surface area contributed by atoms with E-state index >= 15 is 0 Å². The van der Waals surface area contributed by atoms with E-state index in [2.05, 4.69) is 11.5 Å². The van der Waals surface area contributed by atoms with E-state index in [1.165, 1.54) is 0 Å². The summed E-state index contributed by atoms with van der Waals surface area (Å²) in [5.41, 5.74) is 8.94. The minimum atomic E-state index is -1.75. The predicted molar refractivity (Wildman–Crippen MR) is 26.5 cm³/mol. The molecule has 0 saturated heterocycles. The minimum Gasteiger partial charge on any atom is -0.370 e. The van der Waals surface area contributed by atoms with Crippen LogP contribution >= 0.6 is 0 Å². The third-order valence-electron chi connectivity index (χ3n) is 0. The average Bonchev–Trinajstić information content (AvgIpc) is 1.25. The first-order valence-corrected chi connectivity index (χ1v) is 1.38. The number of hydrogen-bond acceptors (Lipinski definition) is 4. The molecule has 0 aromatic rings. The third-order valence-corrected chi connectivity index (χ3v) is 0. The van der Waals surface area contributed by atoms with Gasteiger partial charge in [-0.15, -0.1) is 0 Å². The van der Waals surface area contributed by atoms with Crippen molar-refractivity contribution < 1.29 is 5.09 Å². The van der Waals surface area contributed by atoms with Crippen molar-refractivity contribution in [2.75, 3.05) is 0 Å². The molecule has 0 rings (SSSR count). The highest BCUT2D eigenvalue weighted by atomic mass is 16.9. The summed E-state index contributed by atoms with van der Waals surface area (Å²) < 4.78 is 0. The molecule has 0 aliphatic carbocycles. The summed E-state index contributed by atoms with van der Waals surface area (Å²) in [5, 5.41) is 20.8. The van der Waals surface area contributed by atoms with Gasteiger partial charge in [0.1, 0.15) is 0 Å². The lowest BCUT2D eigenvalue weighted by molar-refractivity contribution is -0.402. The van der Waals surface area contributed by atoms with Gasteiger partial charge < -0.3 is 26.8 Å². The maximum atomic E-state index is 8.25. The van der Waals surface area contributed by atoms with Crippen molar-refractivity contribution in [3.63, 3.8) is 0 Å². The fraction of sp³-hybridized carbons (Fsp3) is 0. The summed E-state index contributed by atoms with van der Waals surface area (Å²) in [7, 11) is 0.